The zero-order valence-corrected chi connectivity index (χ0v) is 28.6. The van der Waals surface area contributed by atoms with E-state index in [-0.39, 0.29) is 40.7 Å². The second-order valence-electron chi connectivity index (χ2n) is 11.9. The van der Waals surface area contributed by atoms with Crippen LogP contribution in [0.2, 0.25) is 15.1 Å². The van der Waals surface area contributed by atoms with Gasteiger partial charge >= 0.3 is 12.0 Å². The number of nitrogens with one attached hydrogen (secondary N) is 3. The van der Waals surface area contributed by atoms with Gasteiger partial charge in [-0.15, -0.1) is 0 Å². The summed E-state index contributed by atoms with van der Waals surface area (Å²) in [4.78, 5) is 55.1. The highest BCUT2D eigenvalue weighted by Gasteiger charge is 2.32. The lowest BCUT2D eigenvalue weighted by Crippen LogP contribution is -2.51. The zero-order valence-electron chi connectivity index (χ0n) is 26.3. The quantitative estimate of drug-likeness (QED) is 0.158. The van der Waals surface area contributed by atoms with Crippen molar-refractivity contribution in [1.82, 2.24) is 20.9 Å². The number of amides is 4. The number of nitrogens with zero attached hydrogens (tertiary/aromatic N) is 1. The van der Waals surface area contributed by atoms with Crippen molar-refractivity contribution in [2.24, 2.45) is 0 Å². The summed E-state index contributed by atoms with van der Waals surface area (Å²) in [6.07, 6.45) is 1.99. The van der Waals surface area contributed by atoms with E-state index in [0.29, 0.717) is 35.7 Å². The number of hydrogen-bond donors (Lipinski definition) is 3. The number of carbonyl (C=O) groups excluding carboxylic acids is 4. The topological polar surface area (TPSA) is 117 Å². The smallest absolute Gasteiger partial charge is 0.330 e. The molecule has 9 nitrogen and oxygen atoms in total. The van der Waals surface area contributed by atoms with Crippen molar-refractivity contribution in [3.8, 4) is 0 Å². The highest BCUT2D eigenvalue weighted by molar-refractivity contribution is 6.41. The molecule has 2 aliphatic rings. The van der Waals surface area contributed by atoms with Crippen LogP contribution in [0.25, 0.3) is 0 Å². The molecule has 4 aromatic carbocycles. The van der Waals surface area contributed by atoms with Gasteiger partial charge in [0, 0.05) is 23.7 Å². The third-order valence-electron chi connectivity index (χ3n) is 8.70. The van der Waals surface area contributed by atoms with E-state index in [1.54, 1.807) is 29.2 Å². The van der Waals surface area contributed by atoms with Crippen LogP contribution in [0.3, 0.4) is 0 Å². The van der Waals surface area contributed by atoms with E-state index in [4.69, 9.17) is 39.5 Å². The van der Waals surface area contributed by atoms with Crippen LogP contribution in [0.5, 0.6) is 0 Å². The van der Waals surface area contributed by atoms with Crippen LogP contribution in [0.1, 0.15) is 61.0 Å². The molecular weight excluding hydrogens is 687 g/mol. The molecule has 0 fully saturated rings. The first-order valence-electron chi connectivity index (χ1n) is 15.9. The Morgan fingerprint density at radius 2 is 1.63 bits per heavy atom. The molecule has 0 unspecified atom stereocenters. The van der Waals surface area contributed by atoms with Crippen LogP contribution in [0.4, 0.5) is 4.79 Å². The summed E-state index contributed by atoms with van der Waals surface area (Å²) in [5.41, 5.74) is 4.61. The largest absolute Gasteiger partial charge is 0.459 e. The number of ether oxygens (including phenoxy) is 1. The molecule has 0 aromatic heterocycles. The van der Waals surface area contributed by atoms with Gasteiger partial charge in [0.2, 0.25) is 0 Å². The Bertz CT molecular complexity index is 1890. The summed E-state index contributed by atoms with van der Waals surface area (Å²) in [6, 6.07) is 23.7. The third-order valence-corrected chi connectivity index (χ3v) is 9.67. The monoisotopic (exact) mass is 718 g/mol. The molecule has 49 heavy (non-hydrogen) atoms. The Morgan fingerprint density at radius 1 is 0.898 bits per heavy atom. The van der Waals surface area contributed by atoms with E-state index in [1.807, 2.05) is 54.6 Å². The molecule has 4 aromatic rings. The minimum atomic E-state index is -1.28. The van der Waals surface area contributed by atoms with Gasteiger partial charge < -0.3 is 25.6 Å². The van der Waals surface area contributed by atoms with Crippen LogP contribution in [0.15, 0.2) is 84.9 Å². The van der Waals surface area contributed by atoms with Crippen LogP contribution >= 0.6 is 34.8 Å². The fourth-order valence-electron chi connectivity index (χ4n) is 6.15. The molecule has 2 atom stereocenters. The number of halogens is 3. The van der Waals surface area contributed by atoms with Gasteiger partial charge in [0.15, 0.2) is 0 Å². The first-order valence-corrected chi connectivity index (χ1v) is 17.0. The second-order valence-corrected chi connectivity index (χ2v) is 13.2. The molecule has 1 aliphatic carbocycles. The normalized spacial score (nSPS) is 15.5. The number of hydrogen-bond acceptors (Lipinski definition) is 5. The second kappa shape index (κ2) is 15.3. The molecule has 0 saturated carbocycles. The molecule has 1 aliphatic heterocycles. The Morgan fingerprint density at radius 3 is 2.41 bits per heavy atom. The van der Waals surface area contributed by atoms with Crippen LogP contribution in [-0.4, -0.2) is 47.8 Å². The van der Waals surface area contributed by atoms with Crippen LogP contribution in [-0.2, 0) is 35.5 Å². The maximum Gasteiger partial charge on any atom is 0.330 e. The Kier molecular flexibility index (Phi) is 10.7. The molecule has 3 N–H and O–H groups in total. The first-order chi connectivity index (χ1) is 23.7. The van der Waals surface area contributed by atoms with Gasteiger partial charge in [0.1, 0.15) is 12.6 Å². The van der Waals surface area contributed by atoms with Gasteiger partial charge in [-0.2, -0.15) is 0 Å². The summed E-state index contributed by atoms with van der Waals surface area (Å²) in [5, 5.41) is 8.88. The van der Waals surface area contributed by atoms with Crippen molar-refractivity contribution in [2.45, 2.75) is 44.5 Å². The summed E-state index contributed by atoms with van der Waals surface area (Å²) < 4.78 is 5.52. The summed E-state index contributed by atoms with van der Waals surface area (Å²) in [5.74, 6) is -1.78. The number of aryl methyl sites for hydroxylation is 1. The minimum Gasteiger partial charge on any atom is -0.459 e. The van der Waals surface area contributed by atoms with E-state index < -0.39 is 23.9 Å². The number of benzene rings is 4. The standard InChI is InChI=1S/C37H33Cl3N4O5/c38-25-13-10-22(11-14-25)20-44-17-16-27-28(35(44)46)18-29(39)32(33(27)40)34(45)42-31(36(47)49-21-23-6-2-1-3-7-23)19-41-37(48)43-30-15-12-24-8-4-5-9-26(24)30/h1-11,13-14,18,30-31H,12,15-17,19-21H2,(H,42,45)(H2,41,43,48)/t30-,31+/m1/s1. The van der Waals surface area contributed by atoms with Crippen molar-refractivity contribution < 1.29 is 23.9 Å². The molecule has 12 heteroatoms. The Hall–Kier alpha value is -4.57. The molecule has 4 amide bonds. The van der Waals surface area contributed by atoms with Crippen molar-refractivity contribution in [2.75, 3.05) is 13.1 Å². The zero-order chi connectivity index (χ0) is 34.5. The van der Waals surface area contributed by atoms with Crippen molar-refractivity contribution in [3.63, 3.8) is 0 Å². The highest BCUT2D eigenvalue weighted by atomic mass is 35.5. The molecule has 0 radical (unpaired) electrons. The molecular formula is C37H33Cl3N4O5. The molecule has 0 saturated heterocycles. The van der Waals surface area contributed by atoms with Gasteiger partial charge in [-0.25, -0.2) is 9.59 Å². The Balaban J connectivity index is 1.16. The van der Waals surface area contributed by atoms with E-state index in [1.165, 1.54) is 11.6 Å². The Labute approximate surface area is 298 Å². The molecule has 0 bridgehead atoms. The summed E-state index contributed by atoms with van der Waals surface area (Å²) >= 11 is 19.4. The van der Waals surface area contributed by atoms with Gasteiger partial charge in [-0.05, 0) is 65.3 Å². The van der Waals surface area contributed by atoms with Gasteiger partial charge in [-0.3, -0.25) is 9.59 Å². The lowest BCUT2D eigenvalue weighted by molar-refractivity contribution is -0.147. The lowest BCUT2D eigenvalue weighted by Gasteiger charge is -2.30. The number of carbonyl (C=O) groups is 4. The average Bonchev–Trinajstić information content (AvgIpc) is 3.50. The average molecular weight is 720 g/mol. The van der Waals surface area contributed by atoms with Crippen molar-refractivity contribution >= 4 is 58.6 Å². The maximum absolute atomic E-state index is 13.7. The third kappa shape index (κ3) is 8.02. The molecule has 6 rings (SSSR count). The predicted molar refractivity (Wildman–Crippen MR) is 188 cm³/mol. The highest BCUT2D eigenvalue weighted by Crippen LogP contribution is 2.35. The lowest BCUT2D eigenvalue weighted by atomic mass is 9.95. The van der Waals surface area contributed by atoms with E-state index in [9.17, 15) is 19.2 Å². The van der Waals surface area contributed by atoms with Crippen molar-refractivity contribution in [1.29, 1.82) is 0 Å². The molecule has 1 heterocycles. The summed E-state index contributed by atoms with van der Waals surface area (Å²) in [7, 11) is 0. The van der Waals surface area contributed by atoms with E-state index >= 15 is 0 Å². The van der Waals surface area contributed by atoms with Gasteiger partial charge in [0.05, 0.1) is 28.2 Å². The minimum absolute atomic E-state index is 0.0292. The fourth-order valence-corrected chi connectivity index (χ4v) is 6.99. The number of urea groups is 1. The number of esters is 1. The summed E-state index contributed by atoms with van der Waals surface area (Å²) in [6.45, 7) is 0.438. The maximum atomic E-state index is 13.7. The van der Waals surface area contributed by atoms with Crippen LogP contribution < -0.4 is 16.0 Å². The SMILES string of the molecule is O=C(NC[C@H](NC(=O)c1c(Cl)cc2c(c1Cl)CCN(Cc1ccc(Cl)cc1)C2=O)C(=O)OCc1ccccc1)N[C@@H]1CCc2ccccc21. The van der Waals surface area contributed by atoms with E-state index in [0.717, 1.165) is 29.5 Å². The number of rotatable bonds is 10. The van der Waals surface area contributed by atoms with Crippen molar-refractivity contribution in [3.05, 3.63) is 139 Å². The molecule has 252 valence electrons. The predicted octanol–water partition coefficient (Wildman–Crippen LogP) is 6.67. The molecule has 0 spiro atoms. The van der Waals surface area contributed by atoms with Gasteiger partial charge in [0.25, 0.3) is 11.8 Å². The first kappa shape index (κ1) is 34.3. The number of fused-ring (bicyclic) bond motifs is 2. The fraction of sp³-hybridized carbons (Fsp3) is 0.243. The van der Waals surface area contributed by atoms with Crippen LogP contribution in [0, 0.1) is 0 Å². The van der Waals surface area contributed by atoms with Gasteiger partial charge in [-0.1, -0.05) is 102 Å². The van der Waals surface area contributed by atoms with E-state index in [2.05, 4.69) is 16.0 Å².